The number of hydrogen-bond acceptors (Lipinski definition) is 3. The molecule has 4 nitrogen and oxygen atoms in total. The van der Waals surface area contributed by atoms with Gasteiger partial charge < -0.3 is 5.73 Å². The van der Waals surface area contributed by atoms with Crippen molar-refractivity contribution in [3.05, 3.63) is 29.6 Å². The molecule has 0 unspecified atom stereocenters. The molecule has 0 atom stereocenters. The molecule has 78 valence electrons. The normalized spacial score (nSPS) is 17.2. The molecular weight excluding hydrogens is 208 g/mol. The van der Waals surface area contributed by atoms with Gasteiger partial charge in [-0.2, -0.15) is 5.10 Å². The summed E-state index contributed by atoms with van der Waals surface area (Å²) in [5.74, 6) is 0. The van der Waals surface area contributed by atoms with Crippen LogP contribution in [-0.2, 0) is 6.42 Å². The number of fused-ring (bicyclic) bond motifs is 1. The van der Waals surface area contributed by atoms with Crippen molar-refractivity contribution in [2.45, 2.75) is 19.3 Å². The molecule has 0 radical (unpaired) electrons. The summed E-state index contributed by atoms with van der Waals surface area (Å²) in [7, 11) is 0. The Hall–Kier alpha value is -1.49. The van der Waals surface area contributed by atoms with E-state index in [1.807, 2.05) is 6.07 Å². The fourth-order valence-corrected chi connectivity index (χ4v) is 1.74. The van der Waals surface area contributed by atoms with E-state index in [2.05, 4.69) is 21.6 Å². The summed E-state index contributed by atoms with van der Waals surface area (Å²) in [6.45, 7) is 0. The summed E-state index contributed by atoms with van der Waals surface area (Å²) < 4.78 is 0. The maximum atomic E-state index is 5.32. The van der Waals surface area contributed by atoms with Crippen LogP contribution in [0.4, 0.5) is 0 Å². The van der Waals surface area contributed by atoms with Gasteiger partial charge in [0.15, 0.2) is 5.11 Å². The van der Waals surface area contributed by atoms with E-state index >= 15 is 0 Å². The summed E-state index contributed by atoms with van der Waals surface area (Å²) in [4.78, 5) is 4.32. The van der Waals surface area contributed by atoms with Gasteiger partial charge in [-0.3, -0.25) is 10.4 Å². The highest BCUT2D eigenvalue weighted by atomic mass is 32.1. The van der Waals surface area contributed by atoms with Crippen molar-refractivity contribution in [2.75, 3.05) is 0 Å². The topological polar surface area (TPSA) is 63.3 Å². The van der Waals surface area contributed by atoms with Gasteiger partial charge in [-0.25, -0.2) is 0 Å². The Balaban J connectivity index is 2.29. The van der Waals surface area contributed by atoms with E-state index in [9.17, 15) is 0 Å². The molecule has 3 N–H and O–H groups in total. The lowest BCUT2D eigenvalue weighted by molar-refractivity contribution is 0.816. The Morgan fingerprint density at radius 2 is 2.40 bits per heavy atom. The molecular formula is C10H12N4S. The van der Waals surface area contributed by atoms with Gasteiger partial charge in [-0.05, 0) is 43.1 Å². The minimum atomic E-state index is 0.186. The van der Waals surface area contributed by atoms with E-state index in [1.165, 1.54) is 5.56 Å². The third-order valence-electron chi connectivity index (χ3n) is 2.33. The standard InChI is InChI=1S/C10H12N4S/c11-10(15)14-13-8-5-1-3-7-4-2-6-12-9(7)8/h2,4,6H,1,3,5H2,(H3,11,14,15)/b13-8+. The number of hydrogen-bond donors (Lipinski definition) is 2. The van der Waals surface area contributed by atoms with Crippen LogP contribution in [0.25, 0.3) is 0 Å². The number of rotatable bonds is 1. The average Bonchev–Trinajstić information content (AvgIpc) is 2.26. The van der Waals surface area contributed by atoms with E-state index < -0.39 is 0 Å². The third-order valence-corrected chi connectivity index (χ3v) is 2.42. The van der Waals surface area contributed by atoms with E-state index in [0.29, 0.717) is 0 Å². The molecule has 1 aliphatic carbocycles. The van der Waals surface area contributed by atoms with Crippen LogP contribution < -0.4 is 11.2 Å². The van der Waals surface area contributed by atoms with Crippen LogP contribution in [0.15, 0.2) is 23.4 Å². The molecule has 1 aromatic heterocycles. The van der Waals surface area contributed by atoms with Gasteiger partial charge in [-0.15, -0.1) is 0 Å². The first kappa shape index (κ1) is 10.0. The van der Waals surface area contributed by atoms with Gasteiger partial charge in [0, 0.05) is 6.20 Å². The molecule has 0 fully saturated rings. The van der Waals surface area contributed by atoms with Crippen LogP contribution in [0.3, 0.4) is 0 Å². The smallest absolute Gasteiger partial charge is 0.184 e. The largest absolute Gasteiger partial charge is 0.375 e. The summed E-state index contributed by atoms with van der Waals surface area (Å²) in [5.41, 5.74) is 11.1. The highest BCUT2D eigenvalue weighted by Gasteiger charge is 2.16. The van der Waals surface area contributed by atoms with Crippen LogP contribution >= 0.6 is 12.2 Å². The SMILES string of the molecule is NC(=S)N/N=C1\CCCc2cccnc21. The molecule has 0 spiro atoms. The van der Waals surface area contributed by atoms with E-state index in [4.69, 9.17) is 18.0 Å². The van der Waals surface area contributed by atoms with Gasteiger partial charge >= 0.3 is 0 Å². The molecule has 0 amide bonds. The molecule has 15 heavy (non-hydrogen) atoms. The summed E-state index contributed by atoms with van der Waals surface area (Å²) in [6.07, 6.45) is 4.85. The molecule has 0 aliphatic heterocycles. The van der Waals surface area contributed by atoms with Crippen LogP contribution in [0, 0.1) is 0 Å². The predicted octanol–water partition coefficient (Wildman–Crippen LogP) is 0.955. The van der Waals surface area contributed by atoms with Crippen LogP contribution in [0.2, 0.25) is 0 Å². The van der Waals surface area contributed by atoms with Crippen LogP contribution in [0.1, 0.15) is 24.1 Å². The molecule has 5 heteroatoms. The Bertz CT molecular complexity index is 414. The highest BCUT2D eigenvalue weighted by Crippen LogP contribution is 2.18. The van der Waals surface area contributed by atoms with Crippen molar-refractivity contribution in [1.29, 1.82) is 0 Å². The monoisotopic (exact) mass is 220 g/mol. The minimum Gasteiger partial charge on any atom is -0.375 e. The first-order chi connectivity index (χ1) is 7.27. The number of nitrogens with two attached hydrogens (primary N) is 1. The second-order valence-electron chi connectivity index (χ2n) is 3.40. The van der Waals surface area contributed by atoms with Crippen LogP contribution in [-0.4, -0.2) is 15.8 Å². The second kappa shape index (κ2) is 4.35. The molecule has 1 aliphatic rings. The summed E-state index contributed by atoms with van der Waals surface area (Å²) in [5, 5.41) is 4.35. The number of pyridine rings is 1. The number of nitrogens with one attached hydrogen (secondary N) is 1. The number of nitrogens with zero attached hydrogens (tertiary/aromatic N) is 2. The number of aromatic nitrogens is 1. The Morgan fingerprint density at radius 3 is 3.20 bits per heavy atom. The predicted molar refractivity (Wildman–Crippen MR) is 63.6 cm³/mol. The highest BCUT2D eigenvalue weighted by molar-refractivity contribution is 7.80. The molecule has 0 saturated heterocycles. The zero-order valence-corrected chi connectivity index (χ0v) is 9.05. The summed E-state index contributed by atoms with van der Waals surface area (Å²) >= 11 is 4.70. The molecule has 0 saturated carbocycles. The van der Waals surface area contributed by atoms with Gasteiger partial charge in [0.25, 0.3) is 0 Å². The molecule has 2 rings (SSSR count). The van der Waals surface area contributed by atoms with Crippen molar-refractivity contribution in [3.8, 4) is 0 Å². The van der Waals surface area contributed by atoms with E-state index in [-0.39, 0.29) is 5.11 Å². The fourth-order valence-electron chi connectivity index (χ4n) is 1.70. The van der Waals surface area contributed by atoms with Crippen molar-refractivity contribution in [1.82, 2.24) is 10.4 Å². The van der Waals surface area contributed by atoms with Gasteiger partial charge in [0.05, 0.1) is 11.4 Å². The first-order valence-electron chi connectivity index (χ1n) is 4.83. The Kier molecular flexibility index (Phi) is 2.91. The lowest BCUT2D eigenvalue weighted by Crippen LogP contribution is -2.27. The molecule has 0 aromatic carbocycles. The average molecular weight is 220 g/mol. The van der Waals surface area contributed by atoms with Crippen molar-refractivity contribution in [2.24, 2.45) is 10.8 Å². The molecule has 1 heterocycles. The Labute approximate surface area is 93.6 Å². The second-order valence-corrected chi connectivity index (χ2v) is 3.84. The zero-order valence-electron chi connectivity index (χ0n) is 8.23. The maximum Gasteiger partial charge on any atom is 0.184 e. The van der Waals surface area contributed by atoms with Crippen molar-refractivity contribution < 1.29 is 0 Å². The molecule has 0 bridgehead atoms. The number of aryl methyl sites for hydroxylation is 1. The Morgan fingerprint density at radius 1 is 1.53 bits per heavy atom. The summed E-state index contributed by atoms with van der Waals surface area (Å²) in [6, 6.07) is 4.03. The maximum absolute atomic E-state index is 5.32. The lowest BCUT2D eigenvalue weighted by atomic mass is 9.95. The van der Waals surface area contributed by atoms with Crippen molar-refractivity contribution in [3.63, 3.8) is 0 Å². The lowest BCUT2D eigenvalue weighted by Gasteiger charge is -2.16. The minimum absolute atomic E-state index is 0.186. The zero-order chi connectivity index (χ0) is 10.7. The van der Waals surface area contributed by atoms with E-state index in [0.717, 1.165) is 30.7 Å². The van der Waals surface area contributed by atoms with Gasteiger partial charge in [0.1, 0.15) is 0 Å². The number of thiocarbonyl (C=S) groups is 1. The van der Waals surface area contributed by atoms with Crippen LogP contribution in [0.5, 0.6) is 0 Å². The quantitative estimate of drug-likeness (QED) is 0.546. The number of hydrazone groups is 1. The fraction of sp³-hybridized carbons (Fsp3) is 0.300. The van der Waals surface area contributed by atoms with Crippen molar-refractivity contribution >= 4 is 23.0 Å². The van der Waals surface area contributed by atoms with Gasteiger partial charge in [-0.1, -0.05) is 6.07 Å². The molecule has 1 aromatic rings. The third kappa shape index (κ3) is 2.30. The van der Waals surface area contributed by atoms with E-state index in [1.54, 1.807) is 6.20 Å². The first-order valence-corrected chi connectivity index (χ1v) is 5.24. The van der Waals surface area contributed by atoms with Gasteiger partial charge in [0.2, 0.25) is 0 Å².